The number of benzene rings is 1. The second-order valence-electron chi connectivity index (χ2n) is 4.56. The molecule has 1 heterocycles. The van der Waals surface area contributed by atoms with Crippen LogP contribution in [0.2, 0.25) is 0 Å². The summed E-state index contributed by atoms with van der Waals surface area (Å²) in [6.07, 6.45) is 0.754. The lowest BCUT2D eigenvalue weighted by Crippen LogP contribution is -2.46. The molecule has 1 aliphatic heterocycles. The monoisotopic (exact) mass is 237 g/mol. The van der Waals surface area contributed by atoms with Gasteiger partial charge in [0.15, 0.2) is 0 Å². The van der Waals surface area contributed by atoms with E-state index in [9.17, 15) is 15.0 Å². The Labute approximate surface area is 99.0 Å². The van der Waals surface area contributed by atoms with E-state index in [4.69, 9.17) is 4.74 Å². The highest BCUT2D eigenvalue weighted by Gasteiger charge is 2.31. The molecule has 1 atom stereocenters. The maximum Gasteiger partial charge on any atom is 0.252 e. The molecule has 0 aliphatic carbocycles. The summed E-state index contributed by atoms with van der Waals surface area (Å²) in [5, 5.41) is 21.4. The van der Waals surface area contributed by atoms with E-state index in [1.807, 2.05) is 6.92 Å². The first-order chi connectivity index (χ1) is 7.98. The minimum Gasteiger partial charge on any atom is -0.508 e. The van der Waals surface area contributed by atoms with Crippen molar-refractivity contribution >= 4 is 5.91 Å². The van der Waals surface area contributed by atoms with Gasteiger partial charge in [-0.3, -0.25) is 4.79 Å². The molecular weight excluding hydrogens is 222 g/mol. The lowest BCUT2D eigenvalue weighted by Gasteiger charge is -2.23. The molecule has 0 bridgehead atoms. The summed E-state index contributed by atoms with van der Waals surface area (Å²) in [6.45, 7) is 3.01. The fraction of sp³-hybridized carbons (Fsp3) is 0.417. The minimum atomic E-state index is -0.377. The smallest absolute Gasteiger partial charge is 0.252 e. The zero-order valence-corrected chi connectivity index (χ0v) is 9.56. The van der Waals surface area contributed by atoms with Crippen LogP contribution in [-0.2, 0) is 4.74 Å². The van der Waals surface area contributed by atoms with Gasteiger partial charge in [0.25, 0.3) is 5.91 Å². The molecule has 0 radical (unpaired) electrons. The van der Waals surface area contributed by atoms with Gasteiger partial charge in [0.1, 0.15) is 11.5 Å². The number of rotatable bonds is 2. The maximum atomic E-state index is 11.9. The predicted octanol–water partition coefficient (Wildman–Crippen LogP) is 1.01. The highest BCUT2D eigenvalue weighted by Crippen LogP contribution is 2.22. The fourth-order valence-corrected chi connectivity index (χ4v) is 1.84. The molecule has 0 aromatic heterocycles. The molecule has 0 saturated carbocycles. The maximum absolute atomic E-state index is 11.9. The molecular formula is C12H15NO4. The van der Waals surface area contributed by atoms with Crippen molar-refractivity contribution < 1.29 is 19.7 Å². The number of aromatic hydroxyl groups is 2. The standard InChI is InChI=1S/C12H15NO4/c1-12(2-3-17-7-12)13-11(16)8-4-9(14)6-10(15)5-8/h4-6,14-15H,2-3,7H2,1H3,(H,13,16). The molecule has 3 N–H and O–H groups in total. The normalized spacial score (nSPS) is 23.6. The molecule has 5 heteroatoms. The molecule has 17 heavy (non-hydrogen) atoms. The number of carbonyl (C=O) groups is 1. The first-order valence-electron chi connectivity index (χ1n) is 5.42. The number of nitrogens with one attached hydrogen (secondary N) is 1. The Balaban J connectivity index is 2.14. The average molecular weight is 237 g/mol. The van der Waals surface area contributed by atoms with Gasteiger partial charge in [0, 0.05) is 18.2 Å². The molecule has 1 amide bonds. The van der Waals surface area contributed by atoms with E-state index in [1.165, 1.54) is 18.2 Å². The number of phenolic OH excluding ortho intramolecular Hbond substituents is 2. The summed E-state index contributed by atoms with van der Waals surface area (Å²) >= 11 is 0. The van der Waals surface area contributed by atoms with Crippen LogP contribution in [-0.4, -0.2) is 34.9 Å². The van der Waals surface area contributed by atoms with Crippen molar-refractivity contribution in [3.05, 3.63) is 23.8 Å². The number of ether oxygens (including phenoxy) is 1. The molecule has 1 aliphatic rings. The Morgan fingerprint density at radius 2 is 2.00 bits per heavy atom. The quantitative estimate of drug-likeness (QED) is 0.717. The Hall–Kier alpha value is -1.75. The average Bonchev–Trinajstić information content (AvgIpc) is 2.63. The predicted molar refractivity (Wildman–Crippen MR) is 61.1 cm³/mol. The summed E-state index contributed by atoms with van der Waals surface area (Å²) in [4.78, 5) is 11.9. The highest BCUT2D eigenvalue weighted by molar-refractivity contribution is 5.95. The number of hydrogen-bond donors (Lipinski definition) is 3. The first-order valence-corrected chi connectivity index (χ1v) is 5.42. The molecule has 92 valence electrons. The van der Waals surface area contributed by atoms with Crippen LogP contribution in [0.5, 0.6) is 11.5 Å². The van der Waals surface area contributed by atoms with Crippen LogP contribution in [0.25, 0.3) is 0 Å². The second-order valence-corrected chi connectivity index (χ2v) is 4.56. The Morgan fingerprint density at radius 3 is 2.53 bits per heavy atom. The number of carbonyl (C=O) groups excluding carboxylic acids is 1. The Kier molecular flexibility index (Phi) is 2.93. The van der Waals surface area contributed by atoms with E-state index in [0.29, 0.717) is 13.2 Å². The van der Waals surface area contributed by atoms with Crippen molar-refractivity contribution in [1.29, 1.82) is 0 Å². The summed E-state index contributed by atoms with van der Waals surface area (Å²) in [6, 6.07) is 3.81. The van der Waals surface area contributed by atoms with E-state index < -0.39 is 0 Å². The van der Waals surface area contributed by atoms with Gasteiger partial charge in [0.05, 0.1) is 12.1 Å². The molecule has 1 unspecified atom stereocenters. The molecule has 1 aromatic rings. The zero-order valence-electron chi connectivity index (χ0n) is 9.56. The third-order valence-corrected chi connectivity index (χ3v) is 2.80. The van der Waals surface area contributed by atoms with E-state index in [2.05, 4.69) is 5.32 Å². The molecule has 1 fully saturated rings. The van der Waals surface area contributed by atoms with E-state index in [1.54, 1.807) is 0 Å². The van der Waals surface area contributed by atoms with Crippen molar-refractivity contribution in [2.45, 2.75) is 18.9 Å². The zero-order chi connectivity index (χ0) is 12.5. The molecule has 1 saturated heterocycles. The Morgan fingerprint density at radius 1 is 1.35 bits per heavy atom. The van der Waals surface area contributed by atoms with Crippen molar-refractivity contribution in [2.24, 2.45) is 0 Å². The van der Waals surface area contributed by atoms with Gasteiger partial charge in [-0.2, -0.15) is 0 Å². The van der Waals surface area contributed by atoms with E-state index in [0.717, 1.165) is 6.42 Å². The van der Waals surface area contributed by atoms with Crippen LogP contribution >= 0.6 is 0 Å². The summed E-state index contributed by atoms with van der Waals surface area (Å²) in [5.41, 5.74) is -0.145. The third-order valence-electron chi connectivity index (χ3n) is 2.80. The van der Waals surface area contributed by atoms with Gasteiger partial charge in [-0.15, -0.1) is 0 Å². The van der Waals surface area contributed by atoms with Crippen LogP contribution in [0.3, 0.4) is 0 Å². The SMILES string of the molecule is CC1(NC(=O)c2cc(O)cc(O)c2)CCOC1. The van der Waals surface area contributed by atoms with E-state index in [-0.39, 0.29) is 28.5 Å². The summed E-state index contributed by atoms with van der Waals surface area (Å²) < 4.78 is 5.23. The molecule has 5 nitrogen and oxygen atoms in total. The van der Waals surface area contributed by atoms with Gasteiger partial charge in [-0.25, -0.2) is 0 Å². The molecule has 1 aromatic carbocycles. The summed E-state index contributed by atoms with van der Waals surface area (Å²) in [7, 11) is 0. The van der Waals surface area contributed by atoms with Crippen molar-refractivity contribution in [3.63, 3.8) is 0 Å². The number of phenols is 2. The van der Waals surface area contributed by atoms with Gasteiger partial charge >= 0.3 is 0 Å². The van der Waals surface area contributed by atoms with Crippen LogP contribution in [0.1, 0.15) is 23.7 Å². The largest absolute Gasteiger partial charge is 0.508 e. The number of amides is 1. The van der Waals surface area contributed by atoms with E-state index >= 15 is 0 Å². The van der Waals surface area contributed by atoms with Gasteiger partial charge in [-0.1, -0.05) is 0 Å². The fourth-order valence-electron chi connectivity index (χ4n) is 1.84. The Bertz CT molecular complexity index is 418. The first kappa shape index (κ1) is 11.7. The van der Waals surface area contributed by atoms with Crippen molar-refractivity contribution in [1.82, 2.24) is 5.32 Å². The molecule has 0 spiro atoms. The minimum absolute atomic E-state index is 0.136. The van der Waals surface area contributed by atoms with Crippen molar-refractivity contribution in [3.8, 4) is 11.5 Å². The van der Waals surface area contributed by atoms with Gasteiger partial charge < -0.3 is 20.3 Å². The van der Waals surface area contributed by atoms with Crippen LogP contribution < -0.4 is 5.32 Å². The summed E-state index contributed by atoms with van der Waals surface area (Å²) in [5.74, 6) is -0.602. The van der Waals surface area contributed by atoms with Gasteiger partial charge in [0.2, 0.25) is 0 Å². The number of hydrogen-bond acceptors (Lipinski definition) is 4. The lowest BCUT2D eigenvalue weighted by atomic mass is 10.0. The topological polar surface area (TPSA) is 78.8 Å². The lowest BCUT2D eigenvalue weighted by molar-refractivity contribution is 0.0889. The third kappa shape index (κ3) is 2.68. The second kappa shape index (κ2) is 4.25. The van der Waals surface area contributed by atoms with Crippen LogP contribution in [0.4, 0.5) is 0 Å². The molecule has 2 rings (SSSR count). The van der Waals surface area contributed by atoms with Gasteiger partial charge in [-0.05, 0) is 25.5 Å². The van der Waals surface area contributed by atoms with Crippen LogP contribution in [0.15, 0.2) is 18.2 Å². The highest BCUT2D eigenvalue weighted by atomic mass is 16.5. The van der Waals surface area contributed by atoms with Crippen molar-refractivity contribution in [2.75, 3.05) is 13.2 Å². The van der Waals surface area contributed by atoms with Crippen LogP contribution in [0, 0.1) is 0 Å².